The van der Waals surface area contributed by atoms with Gasteiger partial charge in [0.05, 0.1) is 18.9 Å². The average Bonchev–Trinajstić information content (AvgIpc) is 2.93. The Morgan fingerprint density at radius 2 is 1.93 bits per heavy atom. The van der Waals surface area contributed by atoms with Gasteiger partial charge in [0.15, 0.2) is 6.61 Å². The first-order valence-corrected chi connectivity index (χ1v) is 8.92. The molecule has 2 heterocycles. The van der Waals surface area contributed by atoms with Crippen molar-refractivity contribution in [3.05, 3.63) is 40.7 Å². The Morgan fingerprint density at radius 3 is 2.52 bits per heavy atom. The van der Waals surface area contributed by atoms with E-state index in [-0.39, 0.29) is 10.7 Å². The number of carbonyl (C=O) groups excluding carboxylic acids is 2. The van der Waals surface area contributed by atoms with E-state index in [1.54, 1.807) is 14.0 Å². The number of hydrogen-bond acceptors (Lipinski definition) is 6. The molecule has 0 saturated carbocycles. The highest BCUT2D eigenvalue weighted by atomic mass is 35.5. The number of ether oxygens (including phenoxy) is 2. The first-order valence-electron chi connectivity index (χ1n) is 8.54. The summed E-state index contributed by atoms with van der Waals surface area (Å²) < 4.78 is 11.8. The lowest BCUT2D eigenvalue weighted by Crippen LogP contribution is -2.36. The summed E-state index contributed by atoms with van der Waals surface area (Å²) in [6.45, 7) is 4.36. The summed E-state index contributed by atoms with van der Waals surface area (Å²) in [5.41, 5.74) is 2.32. The number of esters is 1. The number of nitrogens with one attached hydrogen (secondary N) is 1. The molecule has 0 atom stereocenters. The van der Waals surface area contributed by atoms with Gasteiger partial charge in [-0.25, -0.2) is 4.79 Å². The van der Waals surface area contributed by atoms with Gasteiger partial charge >= 0.3 is 5.97 Å². The highest BCUT2D eigenvalue weighted by Gasteiger charge is 2.21. The van der Waals surface area contributed by atoms with Crippen molar-refractivity contribution in [1.29, 1.82) is 0 Å². The van der Waals surface area contributed by atoms with Gasteiger partial charge in [-0.15, -0.1) is 0 Å². The van der Waals surface area contributed by atoms with Crippen LogP contribution in [-0.2, 0) is 21.3 Å². The number of amides is 1. The number of morpholine rings is 1. The normalized spacial score (nSPS) is 14.1. The molecule has 27 heavy (non-hydrogen) atoms. The summed E-state index contributed by atoms with van der Waals surface area (Å²) in [7, 11) is 1.62. The minimum absolute atomic E-state index is 0.168. The van der Waals surface area contributed by atoms with Crippen molar-refractivity contribution in [2.45, 2.75) is 6.92 Å². The van der Waals surface area contributed by atoms with Crippen LogP contribution in [0.5, 0.6) is 0 Å². The topological polar surface area (TPSA) is 85.7 Å². The highest BCUT2D eigenvalue weighted by molar-refractivity contribution is 6.32. The Bertz CT molecular complexity index is 829. The molecule has 3 rings (SSSR count). The third-order valence-electron chi connectivity index (χ3n) is 4.22. The van der Waals surface area contributed by atoms with Crippen LogP contribution < -0.4 is 10.2 Å². The largest absolute Gasteiger partial charge is 0.452 e. The predicted molar refractivity (Wildman–Crippen MR) is 101 cm³/mol. The number of nitrogens with zero attached hydrogens (tertiary/aromatic N) is 3. The Kier molecular flexibility index (Phi) is 5.98. The van der Waals surface area contributed by atoms with Gasteiger partial charge in [0.2, 0.25) is 0 Å². The van der Waals surface area contributed by atoms with Crippen molar-refractivity contribution >= 4 is 34.9 Å². The van der Waals surface area contributed by atoms with Gasteiger partial charge in [-0.1, -0.05) is 11.6 Å². The first kappa shape index (κ1) is 19.2. The number of carbonyl (C=O) groups is 2. The predicted octanol–water partition coefficient (Wildman–Crippen LogP) is 2.01. The van der Waals surface area contributed by atoms with Crippen LogP contribution >= 0.6 is 11.6 Å². The highest BCUT2D eigenvalue weighted by Crippen LogP contribution is 2.20. The number of rotatable bonds is 5. The van der Waals surface area contributed by atoms with Crippen molar-refractivity contribution in [3.63, 3.8) is 0 Å². The molecule has 0 unspecified atom stereocenters. The molecule has 1 aliphatic rings. The lowest BCUT2D eigenvalue weighted by atomic mass is 10.2. The van der Waals surface area contributed by atoms with E-state index >= 15 is 0 Å². The fraction of sp³-hybridized carbons (Fsp3) is 0.389. The SMILES string of the molecule is Cc1nn(C)c(Cl)c1C(=O)OCC(=O)Nc1ccc(N2CCOCC2)cc1. The van der Waals surface area contributed by atoms with E-state index in [2.05, 4.69) is 15.3 Å². The van der Waals surface area contributed by atoms with Gasteiger partial charge in [0.1, 0.15) is 10.7 Å². The maximum absolute atomic E-state index is 12.1. The van der Waals surface area contributed by atoms with E-state index in [1.165, 1.54) is 4.68 Å². The van der Waals surface area contributed by atoms with Crippen LogP contribution in [0.1, 0.15) is 16.1 Å². The van der Waals surface area contributed by atoms with Crippen LogP contribution in [0.15, 0.2) is 24.3 Å². The molecule has 1 fully saturated rings. The van der Waals surface area contributed by atoms with Crippen molar-refractivity contribution in [1.82, 2.24) is 9.78 Å². The van der Waals surface area contributed by atoms with E-state index in [0.29, 0.717) is 24.6 Å². The van der Waals surface area contributed by atoms with Crippen LogP contribution in [-0.4, -0.2) is 54.6 Å². The van der Waals surface area contributed by atoms with E-state index in [4.69, 9.17) is 21.1 Å². The molecule has 0 radical (unpaired) electrons. The zero-order valence-electron chi connectivity index (χ0n) is 15.2. The quantitative estimate of drug-likeness (QED) is 0.783. The summed E-state index contributed by atoms with van der Waals surface area (Å²) >= 11 is 6.02. The van der Waals surface area contributed by atoms with Gasteiger partial charge < -0.3 is 19.7 Å². The molecular weight excluding hydrogens is 372 g/mol. The minimum atomic E-state index is -0.677. The molecular formula is C18H21ClN4O4. The molecule has 1 saturated heterocycles. The molecule has 1 amide bonds. The summed E-state index contributed by atoms with van der Waals surface area (Å²) in [5.74, 6) is -1.11. The fourth-order valence-corrected chi connectivity index (χ4v) is 3.09. The van der Waals surface area contributed by atoms with Crippen molar-refractivity contribution in [2.24, 2.45) is 7.05 Å². The molecule has 0 aliphatic carbocycles. The number of hydrogen-bond donors (Lipinski definition) is 1. The Labute approximate surface area is 162 Å². The lowest BCUT2D eigenvalue weighted by molar-refractivity contribution is -0.119. The molecule has 1 aliphatic heterocycles. The van der Waals surface area contributed by atoms with Crippen molar-refractivity contribution in [2.75, 3.05) is 43.1 Å². The second-order valence-electron chi connectivity index (χ2n) is 6.15. The van der Waals surface area contributed by atoms with Gasteiger partial charge in [0.25, 0.3) is 5.91 Å². The third-order valence-corrected chi connectivity index (χ3v) is 4.65. The van der Waals surface area contributed by atoms with Crippen molar-refractivity contribution in [3.8, 4) is 0 Å². The van der Waals surface area contributed by atoms with Crippen molar-refractivity contribution < 1.29 is 19.1 Å². The zero-order chi connectivity index (χ0) is 19.4. The van der Waals surface area contributed by atoms with Gasteiger partial charge in [-0.05, 0) is 31.2 Å². The molecule has 1 aromatic carbocycles. The summed E-state index contributed by atoms with van der Waals surface area (Å²) in [6, 6.07) is 7.50. The molecule has 1 aromatic heterocycles. The number of halogens is 1. The third kappa shape index (κ3) is 4.58. The van der Waals surface area contributed by atoms with E-state index in [1.807, 2.05) is 24.3 Å². The number of benzene rings is 1. The fourth-order valence-electron chi connectivity index (χ4n) is 2.84. The van der Waals surface area contributed by atoms with E-state index in [0.717, 1.165) is 18.8 Å². The van der Waals surface area contributed by atoms with Crippen LogP contribution in [0.3, 0.4) is 0 Å². The standard InChI is InChI=1S/C18H21ClN4O4/c1-12-16(17(19)22(2)21-12)18(25)27-11-15(24)20-13-3-5-14(6-4-13)23-7-9-26-10-8-23/h3-6H,7-11H2,1-2H3,(H,20,24). The maximum atomic E-state index is 12.1. The Balaban J connectivity index is 1.52. The van der Waals surface area contributed by atoms with Gasteiger partial charge in [0, 0.05) is 31.5 Å². The molecule has 0 bridgehead atoms. The lowest BCUT2D eigenvalue weighted by Gasteiger charge is -2.28. The zero-order valence-corrected chi connectivity index (χ0v) is 16.0. The molecule has 1 N–H and O–H groups in total. The van der Waals surface area contributed by atoms with Crippen LogP contribution in [0, 0.1) is 6.92 Å². The molecule has 8 nitrogen and oxygen atoms in total. The van der Waals surface area contributed by atoms with Gasteiger partial charge in [-0.3, -0.25) is 9.48 Å². The molecule has 0 spiro atoms. The van der Waals surface area contributed by atoms with Gasteiger partial charge in [-0.2, -0.15) is 5.10 Å². The first-order chi connectivity index (χ1) is 13.0. The second kappa shape index (κ2) is 8.41. The number of anilines is 2. The van der Waals surface area contributed by atoms with E-state index < -0.39 is 18.5 Å². The second-order valence-corrected chi connectivity index (χ2v) is 6.50. The van der Waals surface area contributed by atoms with Crippen LogP contribution in [0.25, 0.3) is 0 Å². The summed E-state index contributed by atoms with van der Waals surface area (Å²) in [4.78, 5) is 26.4. The minimum Gasteiger partial charge on any atom is -0.452 e. The van der Waals surface area contributed by atoms with E-state index in [9.17, 15) is 9.59 Å². The Hall–Kier alpha value is -2.58. The summed E-state index contributed by atoms with van der Waals surface area (Å²) in [5, 5.41) is 6.92. The summed E-state index contributed by atoms with van der Waals surface area (Å²) in [6.07, 6.45) is 0. The Morgan fingerprint density at radius 1 is 1.26 bits per heavy atom. The van der Waals surface area contributed by atoms with Crippen LogP contribution in [0.2, 0.25) is 5.15 Å². The molecule has 9 heteroatoms. The molecule has 144 valence electrons. The number of aryl methyl sites for hydroxylation is 2. The average molecular weight is 393 g/mol. The molecule has 2 aromatic rings. The maximum Gasteiger partial charge on any atom is 0.343 e. The monoisotopic (exact) mass is 392 g/mol. The number of aromatic nitrogens is 2. The van der Waals surface area contributed by atoms with Crippen LogP contribution in [0.4, 0.5) is 11.4 Å². The smallest absolute Gasteiger partial charge is 0.343 e.